The number of furan rings is 1. The molecule has 9 heteroatoms. The maximum Gasteiger partial charge on any atom is 0.335 e. The summed E-state index contributed by atoms with van der Waals surface area (Å²) >= 11 is 0. The molecule has 0 spiro atoms. The lowest BCUT2D eigenvalue weighted by atomic mass is 10.1. The van der Waals surface area contributed by atoms with E-state index in [0.29, 0.717) is 28.6 Å². The molecule has 1 aliphatic heterocycles. The number of nitrogens with one attached hydrogen (secondary N) is 1. The summed E-state index contributed by atoms with van der Waals surface area (Å²) < 4.78 is 10.7. The molecule has 33 heavy (non-hydrogen) atoms. The van der Waals surface area contributed by atoms with E-state index in [4.69, 9.17) is 9.15 Å². The largest absolute Gasteiger partial charge is 0.497 e. The van der Waals surface area contributed by atoms with Crippen molar-refractivity contribution < 1.29 is 28.6 Å². The summed E-state index contributed by atoms with van der Waals surface area (Å²) in [5.74, 6) is -1.03. The zero-order chi connectivity index (χ0) is 23.5. The van der Waals surface area contributed by atoms with Crippen LogP contribution in [0.5, 0.6) is 5.75 Å². The molecule has 0 atom stereocenters. The number of ether oxygens (including phenoxy) is 1. The molecule has 9 nitrogen and oxygen atoms in total. The zero-order valence-corrected chi connectivity index (χ0v) is 17.7. The number of anilines is 2. The highest BCUT2D eigenvalue weighted by molar-refractivity contribution is 6.32. The molecule has 4 rings (SSSR count). The molecular weight excluding hydrogens is 426 g/mol. The highest BCUT2D eigenvalue weighted by Crippen LogP contribution is 2.26. The third kappa shape index (κ3) is 4.52. The van der Waals surface area contributed by atoms with Crippen LogP contribution in [0.1, 0.15) is 33.6 Å². The van der Waals surface area contributed by atoms with E-state index in [0.717, 1.165) is 5.01 Å². The minimum absolute atomic E-state index is 0.0447. The SMILES string of the molecule is COc1cccc(NC(=O)c2ccc(/C=C3\C(=O)N(c4cccc(C(=O)O)c4)N=C3C)o2)c1. The van der Waals surface area contributed by atoms with Crippen LogP contribution < -0.4 is 15.1 Å². The van der Waals surface area contributed by atoms with Crippen LogP contribution in [0.3, 0.4) is 0 Å². The Balaban J connectivity index is 1.52. The number of carbonyl (C=O) groups is 3. The molecule has 0 bridgehead atoms. The van der Waals surface area contributed by atoms with E-state index in [2.05, 4.69) is 10.4 Å². The second kappa shape index (κ2) is 8.83. The molecule has 2 heterocycles. The third-order valence-electron chi connectivity index (χ3n) is 4.87. The van der Waals surface area contributed by atoms with Crippen LogP contribution >= 0.6 is 0 Å². The number of aromatic carboxylic acids is 1. The Hall–Kier alpha value is -4.66. The van der Waals surface area contributed by atoms with Crippen molar-refractivity contribution in [3.05, 3.63) is 83.3 Å². The fourth-order valence-electron chi connectivity index (χ4n) is 3.22. The summed E-state index contributed by atoms with van der Waals surface area (Å²) in [7, 11) is 1.53. The maximum absolute atomic E-state index is 12.9. The molecule has 1 aromatic heterocycles. The first-order valence-electron chi connectivity index (χ1n) is 9.86. The average molecular weight is 445 g/mol. The van der Waals surface area contributed by atoms with Gasteiger partial charge < -0.3 is 19.6 Å². The molecule has 0 saturated carbocycles. The molecule has 0 unspecified atom stereocenters. The normalized spacial score (nSPS) is 14.4. The number of methoxy groups -OCH3 is 1. The molecular formula is C24H19N3O6. The van der Waals surface area contributed by atoms with E-state index >= 15 is 0 Å². The quantitative estimate of drug-likeness (QED) is 0.552. The van der Waals surface area contributed by atoms with Crippen molar-refractivity contribution in [1.29, 1.82) is 0 Å². The standard InChI is InChI=1S/C24H19N3O6/c1-14-20(23(29)27(26-14)17-7-3-5-15(11-17)24(30)31)13-19-9-10-21(33-19)22(28)25-16-6-4-8-18(12-16)32-2/h3-13H,1-2H3,(H,25,28)(H,30,31)/b20-13-. The number of hydrogen-bond donors (Lipinski definition) is 2. The van der Waals surface area contributed by atoms with Crippen molar-refractivity contribution in [2.24, 2.45) is 5.10 Å². The van der Waals surface area contributed by atoms with Crippen LogP contribution in [-0.4, -0.2) is 35.7 Å². The van der Waals surface area contributed by atoms with Gasteiger partial charge in [-0.1, -0.05) is 12.1 Å². The smallest absolute Gasteiger partial charge is 0.335 e. The Morgan fingerprint density at radius 2 is 1.91 bits per heavy atom. The minimum atomic E-state index is -1.10. The van der Waals surface area contributed by atoms with E-state index in [9.17, 15) is 19.5 Å². The van der Waals surface area contributed by atoms with Crippen molar-refractivity contribution in [2.45, 2.75) is 6.92 Å². The van der Waals surface area contributed by atoms with Crippen LogP contribution in [0.2, 0.25) is 0 Å². The van der Waals surface area contributed by atoms with Crippen molar-refractivity contribution >= 4 is 40.9 Å². The maximum atomic E-state index is 12.9. The fourth-order valence-corrected chi connectivity index (χ4v) is 3.22. The summed E-state index contributed by atoms with van der Waals surface area (Å²) in [6.07, 6.45) is 1.49. The highest BCUT2D eigenvalue weighted by atomic mass is 16.5. The van der Waals surface area contributed by atoms with Gasteiger partial charge in [-0.15, -0.1) is 0 Å². The second-order valence-corrected chi connectivity index (χ2v) is 7.10. The molecule has 0 radical (unpaired) electrons. The number of carboxylic acid groups (broad SMARTS) is 1. The monoisotopic (exact) mass is 445 g/mol. The van der Waals surface area contributed by atoms with Gasteiger partial charge in [0.15, 0.2) is 5.76 Å². The van der Waals surface area contributed by atoms with Gasteiger partial charge in [0.25, 0.3) is 11.8 Å². The number of rotatable bonds is 6. The van der Waals surface area contributed by atoms with Crippen molar-refractivity contribution in [1.82, 2.24) is 0 Å². The number of hydrazone groups is 1. The predicted molar refractivity (Wildman–Crippen MR) is 122 cm³/mol. The first kappa shape index (κ1) is 21.6. The van der Waals surface area contributed by atoms with E-state index < -0.39 is 17.8 Å². The molecule has 2 amide bonds. The highest BCUT2D eigenvalue weighted by Gasteiger charge is 2.29. The van der Waals surface area contributed by atoms with Gasteiger partial charge in [-0.3, -0.25) is 9.59 Å². The molecule has 0 fully saturated rings. The molecule has 2 N–H and O–H groups in total. The molecule has 166 valence electrons. The summed E-state index contributed by atoms with van der Waals surface area (Å²) in [4.78, 5) is 36.6. The number of nitrogens with zero attached hydrogens (tertiary/aromatic N) is 2. The van der Waals surface area contributed by atoms with Crippen molar-refractivity contribution in [2.75, 3.05) is 17.4 Å². The Morgan fingerprint density at radius 1 is 1.12 bits per heavy atom. The van der Waals surface area contributed by atoms with Crippen LogP contribution in [-0.2, 0) is 4.79 Å². The number of carboxylic acids is 1. The van der Waals surface area contributed by atoms with Crippen molar-refractivity contribution in [3.8, 4) is 5.75 Å². The lowest BCUT2D eigenvalue weighted by Gasteiger charge is -2.12. The van der Waals surface area contributed by atoms with Gasteiger partial charge >= 0.3 is 5.97 Å². The molecule has 1 aliphatic rings. The van der Waals surface area contributed by atoms with Crippen LogP contribution in [0, 0.1) is 0 Å². The average Bonchev–Trinajstić information content (AvgIpc) is 3.39. The summed E-state index contributed by atoms with van der Waals surface area (Å²) in [6, 6.07) is 15.9. The lowest BCUT2D eigenvalue weighted by molar-refractivity contribution is -0.114. The Bertz CT molecular complexity index is 1320. The molecule has 2 aromatic carbocycles. The van der Waals surface area contributed by atoms with E-state index in [1.807, 2.05) is 0 Å². The fraction of sp³-hybridized carbons (Fsp3) is 0.0833. The summed E-state index contributed by atoms with van der Waals surface area (Å²) in [5.41, 5.74) is 1.62. The number of amides is 2. The van der Waals surface area contributed by atoms with Gasteiger partial charge in [-0.25, -0.2) is 4.79 Å². The Morgan fingerprint density at radius 3 is 2.67 bits per heavy atom. The van der Waals surface area contributed by atoms with Gasteiger partial charge in [-0.05, 0) is 55.5 Å². The molecule has 0 aliphatic carbocycles. The first-order chi connectivity index (χ1) is 15.9. The summed E-state index contributed by atoms with van der Waals surface area (Å²) in [5, 5.41) is 17.3. The first-order valence-corrected chi connectivity index (χ1v) is 9.86. The zero-order valence-electron chi connectivity index (χ0n) is 17.7. The van der Waals surface area contributed by atoms with Crippen molar-refractivity contribution in [3.63, 3.8) is 0 Å². The predicted octanol–water partition coefficient (Wildman–Crippen LogP) is 4.04. The van der Waals surface area contributed by atoms with Crippen LogP contribution in [0.25, 0.3) is 6.08 Å². The van der Waals surface area contributed by atoms with Gasteiger partial charge in [0, 0.05) is 11.8 Å². The second-order valence-electron chi connectivity index (χ2n) is 7.10. The Labute approximate surface area is 188 Å². The minimum Gasteiger partial charge on any atom is -0.497 e. The number of hydrogen-bond acceptors (Lipinski definition) is 6. The molecule has 3 aromatic rings. The van der Waals surface area contributed by atoms with Crippen LogP contribution in [0.4, 0.5) is 11.4 Å². The van der Waals surface area contributed by atoms with E-state index in [1.54, 1.807) is 49.4 Å². The number of carbonyl (C=O) groups excluding carboxylic acids is 2. The molecule has 0 saturated heterocycles. The van der Waals surface area contributed by atoms with E-state index in [-0.39, 0.29) is 16.9 Å². The summed E-state index contributed by atoms with van der Waals surface area (Å²) in [6.45, 7) is 1.66. The van der Waals surface area contributed by atoms with Gasteiger partial charge in [0.1, 0.15) is 11.5 Å². The van der Waals surface area contributed by atoms with Gasteiger partial charge in [0.2, 0.25) is 0 Å². The van der Waals surface area contributed by atoms with E-state index in [1.165, 1.54) is 31.4 Å². The third-order valence-corrected chi connectivity index (χ3v) is 4.87. The van der Waals surface area contributed by atoms with Gasteiger partial charge in [-0.2, -0.15) is 10.1 Å². The van der Waals surface area contributed by atoms with Crippen LogP contribution in [0.15, 0.2) is 75.8 Å². The Kier molecular flexibility index (Phi) is 5.77. The topological polar surface area (TPSA) is 121 Å². The lowest BCUT2D eigenvalue weighted by Crippen LogP contribution is -2.21. The number of benzene rings is 2. The van der Waals surface area contributed by atoms with Gasteiger partial charge in [0.05, 0.1) is 29.6 Å².